The summed E-state index contributed by atoms with van der Waals surface area (Å²) in [6.45, 7) is 5.99. The van der Waals surface area contributed by atoms with Gasteiger partial charge in [-0.15, -0.1) is 6.58 Å². The van der Waals surface area contributed by atoms with E-state index in [2.05, 4.69) is 22.2 Å². The molecule has 0 heterocycles. The van der Waals surface area contributed by atoms with Crippen molar-refractivity contribution in [3.63, 3.8) is 0 Å². The summed E-state index contributed by atoms with van der Waals surface area (Å²) in [7, 11) is 0. The molecule has 0 aromatic rings. The minimum atomic E-state index is -0.391. The number of amides is 3. The zero-order valence-electron chi connectivity index (χ0n) is 8.95. The second-order valence-corrected chi connectivity index (χ2v) is 2.80. The van der Waals surface area contributed by atoms with E-state index in [1.807, 2.05) is 0 Å². The maximum atomic E-state index is 11.1. The predicted molar refractivity (Wildman–Crippen MR) is 60.0 cm³/mol. The molecule has 0 aliphatic heterocycles. The SMILES string of the molecule is C=CCCC(=O)NCCNC(=O)N=CC. The van der Waals surface area contributed by atoms with Crippen LogP contribution in [0.25, 0.3) is 0 Å². The molecule has 3 amide bonds. The first kappa shape index (κ1) is 13.4. The lowest BCUT2D eigenvalue weighted by atomic mass is 10.3. The summed E-state index contributed by atoms with van der Waals surface area (Å²) >= 11 is 0. The lowest BCUT2D eigenvalue weighted by molar-refractivity contribution is -0.120. The van der Waals surface area contributed by atoms with Crippen LogP contribution >= 0.6 is 0 Å². The molecule has 0 aromatic carbocycles. The lowest BCUT2D eigenvalue weighted by Crippen LogP contribution is -2.33. The maximum Gasteiger partial charge on any atom is 0.340 e. The number of aliphatic imine (C=N–C) groups is 1. The summed E-state index contributed by atoms with van der Waals surface area (Å²) in [5.74, 6) is -0.0388. The molecule has 5 nitrogen and oxygen atoms in total. The molecule has 84 valence electrons. The second kappa shape index (κ2) is 8.93. The van der Waals surface area contributed by atoms with E-state index < -0.39 is 6.03 Å². The Balaban J connectivity index is 3.41. The number of allylic oxidation sites excluding steroid dienone is 1. The van der Waals surface area contributed by atoms with Crippen molar-refractivity contribution in [2.45, 2.75) is 19.8 Å². The van der Waals surface area contributed by atoms with Crippen LogP contribution < -0.4 is 10.6 Å². The predicted octanol–water partition coefficient (Wildman–Crippen LogP) is 0.869. The zero-order chi connectivity index (χ0) is 11.5. The van der Waals surface area contributed by atoms with Gasteiger partial charge in [-0.1, -0.05) is 6.08 Å². The fraction of sp³-hybridized carbons (Fsp3) is 0.500. The Morgan fingerprint density at radius 2 is 2.00 bits per heavy atom. The van der Waals surface area contributed by atoms with Crippen molar-refractivity contribution < 1.29 is 9.59 Å². The number of carbonyl (C=O) groups is 2. The quantitative estimate of drug-likeness (QED) is 0.389. The Morgan fingerprint density at radius 1 is 1.33 bits per heavy atom. The topological polar surface area (TPSA) is 70.6 Å². The minimum Gasteiger partial charge on any atom is -0.354 e. The molecule has 0 saturated carbocycles. The molecule has 0 unspecified atom stereocenters. The van der Waals surface area contributed by atoms with Crippen molar-refractivity contribution in [3.8, 4) is 0 Å². The van der Waals surface area contributed by atoms with E-state index in [-0.39, 0.29) is 5.91 Å². The molecule has 5 heteroatoms. The summed E-state index contributed by atoms with van der Waals surface area (Å²) in [5.41, 5.74) is 0. The van der Waals surface area contributed by atoms with Crippen LogP contribution in [0.15, 0.2) is 17.6 Å². The smallest absolute Gasteiger partial charge is 0.340 e. The highest BCUT2D eigenvalue weighted by Gasteiger charge is 1.99. The van der Waals surface area contributed by atoms with Crippen LogP contribution in [-0.2, 0) is 4.79 Å². The van der Waals surface area contributed by atoms with Gasteiger partial charge in [-0.05, 0) is 13.3 Å². The molecule has 15 heavy (non-hydrogen) atoms. The molecule has 0 aliphatic carbocycles. The van der Waals surface area contributed by atoms with Crippen LogP contribution in [0.4, 0.5) is 4.79 Å². The molecule has 0 radical (unpaired) electrons. The average Bonchev–Trinajstić information content (AvgIpc) is 2.22. The Hall–Kier alpha value is -1.65. The van der Waals surface area contributed by atoms with Crippen molar-refractivity contribution in [1.82, 2.24) is 10.6 Å². The molecular formula is C10H17N3O2. The van der Waals surface area contributed by atoms with E-state index in [0.717, 1.165) is 0 Å². The Kier molecular flexibility index (Phi) is 7.94. The van der Waals surface area contributed by atoms with Crippen LogP contribution in [0, 0.1) is 0 Å². The largest absolute Gasteiger partial charge is 0.354 e. The van der Waals surface area contributed by atoms with Gasteiger partial charge in [0.05, 0.1) is 0 Å². The third kappa shape index (κ3) is 8.67. The highest BCUT2D eigenvalue weighted by atomic mass is 16.2. The number of hydrogen-bond donors (Lipinski definition) is 2. The van der Waals surface area contributed by atoms with Gasteiger partial charge in [-0.3, -0.25) is 4.79 Å². The average molecular weight is 211 g/mol. The zero-order valence-corrected chi connectivity index (χ0v) is 8.95. The van der Waals surface area contributed by atoms with Crippen molar-refractivity contribution in [3.05, 3.63) is 12.7 Å². The minimum absolute atomic E-state index is 0.0388. The van der Waals surface area contributed by atoms with Gasteiger partial charge in [0.25, 0.3) is 0 Å². The van der Waals surface area contributed by atoms with Gasteiger partial charge in [0.1, 0.15) is 0 Å². The van der Waals surface area contributed by atoms with Crippen LogP contribution in [0.3, 0.4) is 0 Å². The summed E-state index contributed by atoms with van der Waals surface area (Å²) in [6.07, 6.45) is 4.21. The second-order valence-electron chi connectivity index (χ2n) is 2.80. The first-order valence-corrected chi connectivity index (χ1v) is 4.84. The molecule has 0 atom stereocenters. The van der Waals surface area contributed by atoms with E-state index >= 15 is 0 Å². The van der Waals surface area contributed by atoms with E-state index in [0.29, 0.717) is 25.9 Å². The third-order valence-electron chi connectivity index (χ3n) is 1.55. The molecule has 0 spiro atoms. The fourth-order valence-electron chi connectivity index (χ4n) is 0.856. The monoisotopic (exact) mass is 211 g/mol. The van der Waals surface area contributed by atoms with Crippen LogP contribution in [0.5, 0.6) is 0 Å². The molecule has 0 rings (SSSR count). The standard InChI is InChI=1S/C10H17N3O2/c1-3-5-6-9(14)12-7-8-13-10(15)11-4-2/h3-4H,1,5-8H2,2H3,(H,12,14)(H,13,15). The summed E-state index contributed by atoms with van der Waals surface area (Å²) in [5, 5.41) is 5.18. The number of nitrogens with zero attached hydrogens (tertiary/aromatic N) is 1. The van der Waals surface area contributed by atoms with E-state index in [1.165, 1.54) is 6.21 Å². The van der Waals surface area contributed by atoms with Gasteiger partial charge in [-0.2, -0.15) is 0 Å². The summed E-state index contributed by atoms with van der Waals surface area (Å²) in [4.78, 5) is 25.4. The highest BCUT2D eigenvalue weighted by molar-refractivity contribution is 5.82. The molecule has 0 bridgehead atoms. The molecule has 0 aliphatic rings. The Morgan fingerprint density at radius 3 is 2.60 bits per heavy atom. The van der Waals surface area contributed by atoms with Crippen molar-refractivity contribution in [2.24, 2.45) is 4.99 Å². The van der Waals surface area contributed by atoms with E-state index in [4.69, 9.17) is 0 Å². The maximum absolute atomic E-state index is 11.1. The molecule has 2 N–H and O–H groups in total. The van der Waals surface area contributed by atoms with Gasteiger partial charge >= 0.3 is 6.03 Å². The fourth-order valence-corrected chi connectivity index (χ4v) is 0.856. The number of hydrogen-bond acceptors (Lipinski definition) is 2. The number of nitrogens with one attached hydrogen (secondary N) is 2. The highest BCUT2D eigenvalue weighted by Crippen LogP contribution is 1.87. The molecule has 0 fully saturated rings. The van der Waals surface area contributed by atoms with Crippen molar-refractivity contribution in [2.75, 3.05) is 13.1 Å². The molecule has 0 aromatic heterocycles. The Bertz CT molecular complexity index is 249. The molecular weight excluding hydrogens is 194 g/mol. The number of urea groups is 1. The Labute approximate surface area is 89.7 Å². The number of rotatable bonds is 6. The van der Waals surface area contributed by atoms with Gasteiger partial charge in [0.2, 0.25) is 5.91 Å². The van der Waals surface area contributed by atoms with Gasteiger partial charge in [-0.25, -0.2) is 9.79 Å². The number of carbonyl (C=O) groups excluding carboxylic acids is 2. The van der Waals surface area contributed by atoms with Crippen LogP contribution in [0.1, 0.15) is 19.8 Å². The van der Waals surface area contributed by atoms with Crippen molar-refractivity contribution >= 4 is 18.2 Å². The van der Waals surface area contributed by atoms with E-state index in [9.17, 15) is 9.59 Å². The third-order valence-corrected chi connectivity index (χ3v) is 1.55. The van der Waals surface area contributed by atoms with Gasteiger partial charge in [0.15, 0.2) is 0 Å². The normalized spacial score (nSPS) is 9.93. The van der Waals surface area contributed by atoms with Crippen LogP contribution in [-0.4, -0.2) is 31.2 Å². The van der Waals surface area contributed by atoms with E-state index in [1.54, 1.807) is 13.0 Å². The van der Waals surface area contributed by atoms with Gasteiger partial charge in [0, 0.05) is 25.7 Å². The van der Waals surface area contributed by atoms with Crippen molar-refractivity contribution in [1.29, 1.82) is 0 Å². The summed E-state index contributed by atoms with van der Waals surface area (Å²) < 4.78 is 0. The summed E-state index contributed by atoms with van der Waals surface area (Å²) in [6, 6.07) is -0.391. The lowest BCUT2D eigenvalue weighted by Gasteiger charge is -2.04. The van der Waals surface area contributed by atoms with Gasteiger partial charge < -0.3 is 10.6 Å². The first-order valence-electron chi connectivity index (χ1n) is 4.84. The van der Waals surface area contributed by atoms with Crippen LogP contribution in [0.2, 0.25) is 0 Å². The molecule has 0 saturated heterocycles. The first-order chi connectivity index (χ1) is 7.20.